The van der Waals surface area contributed by atoms with Crippen molar-refractivity contribution >= 4 is 27.5 Å². The van der Waals surface area contributed by atoms with Gasteiger partial charge in [0, 0.05) is 11.7 Å². The summed E-state index contributed by atoms with van der Waals surface area (Å²) in [6.45, 7) is 2.49. The number of halogens is 1. The molecule has 136 valence electrons. The lowest BCUT2D eigenvalue weighted by Crippen LogP contribution is -2.44. The predicted molar refractivity (Wildman–Crippen MR) is 104 cm³/mol. The first kappa shape index (κ1) is 17.2. The molecule has 1 fully saturated rings. The van der Waals surface area contributed by atoms with Crippen molar-refractivity contribution in [2.24, 2.45) is 0 Å². The number of hydrogen-bond acceptors (Lipinski definition) is 4. The zero-order chi connectivity index (χ0) is 18.3. The summed E-state index contributed by atoms with van der Waals surface area (Å²) in [5.41, 5.74) is 2.56. The Morgan fingerprint density at radius 1 is 1.27 bits per heavy atom. The van der Waals surface area contributed by atoms with Crippen molar-refractivity contribution in [2.75, 3.05) is 19.0 Å². The highest BCUT2D eigenvalue weighted by atomic mass is 79.9. The molecule has 1 heterocycles. The van der Waals surface area contributed by atoms with Gasteiger partial charge in [-0.25, -0.2) is 0 Å². The fourth-order valence-electron chi connectivity index (χ4n) is 3.42. The van der Waals surface area contributed by atoms with Gasteiger partial charge >= 0.3 is 0 Å². The van der Waals surface area contributed by atoms with E-state index in [0.29, 0.717) is 18.1 Å². The van der Waals surface area contributed by atoms with Crippen LogP contribution in [0.1, 0.15) is 41.9 Å². The zero-order valence-corrected chi connectivity index (χ0v) is 16.4. The van der Waals surface area contributed by atoms with Crippen LogP contribution in [-0.2, 0) is 0 Å². The van der Waals surface area contributed by atoms with Crippen LogP contribution >= 0.6 is 15.9 Å². The van der Waals surface area contributed by atoms with E-state index in [0.717, 1.165) is 34.1 Å². The van der Waals surface area contributed by atoms with Gasteiger partial charge in [-0.1, -0.05) is 12.1 Å². The third kappa shape index (κ3) is 2.92. The molecule has 1 N–H and O–H groups in total. The average molecular weight is 417 g/mol. The molecule has 1 atom stereocenters. The molecule has 2 aromatic rings. The topological polar surface area (TPSA) is 50.8 Å². The third-order valence-electron chi connectivity index (χ3n) is 4.76. The van der Waals surface area contributed by atoms with Crippen molar-refractivity contribution in [3.63, 3.8) is 0 Å². The number of methoxy groups -OCH3 is 1. The van der Waals surface area contributed by atoms with Gasteiger partial charge in [0.2, 0.25) is 0 Å². The van der Waals surface area contributed by atoms with E-state index in [9.17, 15) is 4.79 Å². The summed E-state index contributed by atoms with van der Waals surface area (Å²) in [6, 6.07) is 11.9. The number of amides is 1. The Morgan fingerprint density at radius 2 is 2.04 bits per heavy atom. The zero-order valence-electron chi connectivity index (χ0n) is 14.8. The van der Waals surface area contributed by atoms with Crippen LogP contribution in [0.3, 0.4) is 0 Å². The van der Waals surface area contributed by atoms with Crippen molar-refractivity contribution in [3.8, 4) is 11.5 Å². The molecular formula is C20H21BrN2O3. The molecule has 2 aliphatic rings. The molecule has 0 saturated heterocycles. The Balaban J connectivity index is 1.78. The maximum Gasteiger partial charge on any atom is 0.258 e. The SMILES string of the molecule is CCOc1c(Br)cc(C2Nc3ccccc3C(=O)N2C2CC2)cc1OC. The standard InChI is InChI=1S/C20H21BrN2O3/c1-3-26-18-15(21)10-12(11-17(18)25-2)19-22-16-7-5-4-6-14(16)20(24)23(19)13-8-9-13/h4-7,10-11,13,19,22H,3,8-9H2,1-2H3. The van der Waals surface area contributed by atoms with Crippen molar-refractivity contribution < 1.29 is 14.3 Å². The van der Waals surface area contributed by atoms with Crippen LogP contribution in [0.5, 0.6) is 11.5 Å². The molecule has 1 aliphatic carbocycles. The Hall–Kier alpha value is -2.21. The maximum absolute atomic E-state index is 13.1. The highest BCUT2D eigenvalue weighted by Gasteiger charge is 2.42. The van der Waals surface area contributed by atoms with E-state index < -0.39 is 0 Å². The lowest BCUT2D eigenvalue weighted by atomic mass is 10.0. The highest BCUT2D eigenvalue weighted by molar-refractivity contribution is 9.10. The molecule has 1 unspecified atom stereocenters. The summed E-state index contributed by atoms with van der Waals surface area (Å²) in [5, 5.41) is 3.53. The Morgan fingerprint density at radius 3 is 2.73 bits per heavy atom. The van der Waals surface area contributed by atoms with Gasteiger partial charge in [0.25, 0.3) is 5.91 Å². The first-order chi connectivity index (χ1) is 12.6. The number of para-hydroxylation sites is 1. The van der Waals surface area contributed by atoms with Crippen molar-refractivity contribution in [1.29, 1.82) is 0 Å². The second kappa shape index (κ2) is 6.83. The third-order valence-corrected chi connectivity index (χ3v) is 5.35. The van der Waals surface area contributed by atoms with Gasteiger partial charge in [0.1, 0.15) is 6.17 Å². The van der Waals surface area contributed by atoms with Gasteiger partial charge < -0.3 is 19.7 Å². The number of fused-ring (bicyclic) bond motifs is 1. The van der Waals surface area contributed by atoms with E-state index in [2.05, 4.69) is 21.2 Å². The van der Waals surface area contributed by atoms with E-state index in [1.807, 2.05) is 48.2 Å². The van der Waals surface area contributed by atoms with E-state index in [4.69, 9.17) is 9.47 Å². The van der Waals surface area contributed by atoms with Gasteiger partial charge in [0.15, 0.2) is 11.5 Å². The quantitative estimate of drug-likeness (QED) is 0.774. The molecule has 0 aromatic heterocycles. The molecule has 2 aromatic carbocycles. The monoisotopic (exact) mass is 416 g/mol. The number of anilines is 1. The molecule has 0 spiro atoms. The molecule has 26 heavy (non-hydrogen) atoms. The van der Waals surface area contributed by atoms with Crippen LogP contribution in [0.2, 0.25) is 0 Å². The second-order valence-electron chi connectivity index (χ2n) is 6.50. The summed E-state index contributed by atoms with van der Waals surface area (Å²) in [6.07, 6.45) is 1.86. The number of carbonyl (C=O) groups is 1. The van der Waals surface area contributed by atoms with Crippen LogP contribution in [-0.4, -0.2) is 30.6 Å². The molecular weight excluding hydrogens is 396 g/mol. The van der Waals surface area contributed by atoms with Crippen LogP contribution < -0.4 is 14.8 Å². The molecule has 6 heteroatoms. The first-order valence-electron chi connectivity index (χ1n) is 8.82. The Labute approximate surface area is 161 Å². The number of ether oxygens (including phenoxy) is 2. The van der Waals surface area contributed by atoms with E-state index >= 15 is 0 Å². The second-order valence-corrected chi connectivity index (χ2v) is 7.36. The lowest BCUT2D eigenvalue weighted by Gasteiger charge is -2.38. The maximum atomic E-state index is 13.1. The molecule has 0 radical (unpaired) electrons. The van der Waals surface area contributed by atoms with Crippen LogP contribution in [0.25, 0.3) is 0 Å². The summed E-state index contributed by atoms with van der Waals surface area (Å²) in [7, 11) is 1.63. The molecule has 1 amide bonds. The summed E-state index contributed by atoms with van der Waals surface area (Å²) in [5.74, 6) is 1.41. The van der Waals surface area contributed by atoms with Crippen LogP contribution in [0, 0.1) is 0 Å². The predicted octanol–water partition coefficient (Wildman–Crippen LogP) is 4.59. The van der Waals surface area contributed by atoms with Crippen molar-refractivity contribution in [3.05, 3.63) is 52.0 Å². The fraction of sp³-hybridized carbons (Fsp3) is 0.350. The normalized spacial score (nSPS) is 19.0. The minimum absolute atomic E-state index is 0.0795. The van der Waals surface area contributed by atoms with Crippen molar-refractivity contribution in [2.45, 2.75) is 32.0 Å². The largest absolute Gasteiger partial charge is 0.493 e. The van der Waals surface area contributed by atoms with Crippen LogP contribution in [0.4, 0.5) is 5.69 Å². The number of nitrogens with zero attached hydrogens (tertiary/aromatic N) is 1. The van der Waals surface area contributed by atoms with E-state index in [1.54, 1.807) is 7.11 Å². The lowest BCUT2D eigenvalue weighted by molar-refractivity contribution is 0.0666. The minimum Gasteiger partial charge on any atom is -0.493 e. The summed E-state index contributed by atoms with van der Waals surface area (Å²) in [4.78, 5) is 15.1. The van der Waals surface area contributed by atoms with Gasteiger partial charge in [-0.15, -0.1) is 0 Å². The van der Waals surface area contributed by atoms with E-state index in [1.165, 1.54) is 0 Å². The summed E-state index contributed by atoms with van der Waals surface area (Å²) < 4.78 is 12.0. The summed E-state index contributed by atoms with van der Waals surface area (Å²) >= 11 is 3.59. The number of hydrogen-bond donors (Lipinski definition) is 1. The number of rotatable bonds is 5. The number of benzene rings is 2. The Bertz CT molecular complexity index is 851. The van der Waals surface area contributed by atoms with Gasteiger partial charge in [-0.3, -0.25) is 4.79 Å². The van der Waals surface area contributed by atoms with Crippen LogP contribution in [0.15, 0.2) is 40.9 Å². The fourth-order valence-corrected chi connectivity index (χ4v) is 4.00. The number of carbonyl (C=O) groups excluding carboxylic acids is 1. The molecule has 1 aliphatic heterocycles. The highest BCUT2D eigenvalue weighted by Crippen LogP contribution is 2.44. The average Bonchev–Trinajstić information content (AvgIpc) is 3.48. The number of nitrogens with one attached hydrogen (secondary N) is 1. The smallest absolute Gasteiger partial charge is 0.258 e. The van der Waals surface area contributed by atoms with Crippen molar-refractivity contribution in [1.82, 2.24) is 4.90 Å². The minimum atomic E-state index is -0.231. The van der Waals surface area contributed by atoms with E-state index in [-0.39, 0.29) is 18.1 Å². The van der Waals surface area contributed by atoms with Gasteiger partial charge in [0.05, 0.1) is 23.8 Å². The van der Waals surface area contributed by atoms with Gasteiger partial charge in [-0.05, 0) is 65.5 Å². The molecule has 0 bridgehead atoms. The first-order valence-corrected chi connectivity index (χ1v) is 9.61. The molecule has 5 nitrogen and oxygen atoms in total. The molecule has 1 saturated carbocycles. The molecule has 4 rings (SSSR count). The Kier molecular flexibility index (Phi) is 4.53. The van der Waals surface area contributed by atoms with Gasteiger partial charge in [-0.2, -0.15) is 0 Å².